The van der Waals surface area contributed by atoms with Gasteiger partial charge < -0.3 is 0 Å². The van der Waals surface area contributed by atoms with Crippen LogP contribution in [0.3, 0.4) is 0 Å². The highest BCUT2D eigenvalue weighted by Crippen LogP contribution is 2.38. The zero-order valence-electron chi connectivity index (χ0n) is 6.00. The molecule has 0 fully saturated rings. The molecule has 0 aromatic rings. The van der Waals surface area contributed by atoms with Gasteiger partial charge in [0.1, 0.15) is 0 Å². The average Bonchev–Trinajstić information content (AvgIpc) is 1.85. The van der Waals surface area contributed by atoms with Crippen molar-refractivity contribution in [1.82, 2.24) is 0 Å². The second kappa shape index (κ2) is 4.27. The summed E-state index contributed by atoms with van der Waals surface area (Å²) in [5, 5.41) is 4.86. The maximum Gasteiger partial charge on any atom is 0.453 e. The summed E-state index contributed by atoms with van der Waals surface area (Å²) >= 11 is 0.752. The summed E-state index contributed by atoms with van der Waals surface area (Å²) in [7, 11) is 0. The molecule has 0 spiro atoms. The molecule has 7 heteroatoms. The monoisotopic (exact) mass is 209 g/mol. The Morgan fingerprint density at radius 3 is 1.92 bits per heavy atom. The number of halogens is 5. The molecule has 12 heavy (non-hydrogen) atoms. The smallest absolute Gasteiger partial charge is 0.278 e. The van der Waals surface area contributed by atoms with E-state index in [-0.39, 0.29) is 12.2 Å². The molecule has 0 aromatic heterocycles. The Morgan fingerprint density at radius 1 is 1.08 bits per heavy atom. The summed E-state index contributed by atoms with van der Waals surface area (Å²) in [6, 6.07) is 0. The Hall–Kier alpha value is -0.0400. The van der Waals surface area contributed by atoms with Crippen molar-refractivity contribution in [3.63, 3.8) is 0 Å². The van der Waals surface area contributed by atoms with Gasteiger partial charge in [0.05, 0.1) is 0 Å². The summed E-state index contributed by atoms with van der Waals surface area (Å²) in [6.07, 6.45) is -6.87. The minimum absolute atomic E-state index is 0.103. The van der Waals surface area contributed by atoms with Crippen LogP contribution >= 0.6 is 11.9 Å². The molecule has 0 aliphatic heterocycles. The molecule has 2 N–H and O–H groups in total. The molecule has 74 valence electrons. The Morgan fingerprint density at radius 2 is 1.58 bits per heavy atom. The summed E-state index contributed by atoms with van der Waals surface area (Å²) < 4.78 is 58.6. The van der Waals surface area contributed by atoms with Crippen LogP contribution in [-0.2, 0) is 0 Å². The van der Waals surface area contributed by atoms with Crippen molar-refractivity contribution in [3.8, 4) is 0 Å². The highest BCUT2D eigenvalue weighted by molar-refractivity contribution is 7.97. The van der Waals surface area contributed by atoms with Gasteiger partial charge >= 0.3 is 12.1 Å². The van der Waals surface area contributed by atoms with Crippen LogP contribution in [0.5, 0.6) is 0 Å². The van der Waals surface area contributed by atoms with Crippen molar-refractivity contribution in [3.05, 3.63) is 0 Å². The molecule has 0 saturated carbocycles. The molecule has 0 unspecified atom stereocenters. The molecule has 0 heterocycles. The lowest BCUT2D eigenvalue weighted by Gasteiger charge is -2.18. The lowest BCUT2D eigenvalue weighted by molar-refractivity contribution is -0.284. The minimum atomic E-state index is -5.44. The molecule has 1 nitrogen and oxygen atoms in total. The fourth-order valence-electron chi connectivity index (χ4n) is 0.519. The number of hydrogen-bond acceptors (Lipinski definition) is 2. The van der Waals surface area contributed by atoms with Crippen molar-refractivity contribution in [2.75, 3.05) is 5.75 Å². The van der Waals surface area contributed by atoms with E-state index in [2.05, 4.69) is 0 Å². The van der Waals surface area contributed by atoms with Crippen LogP contribution in [0.15, 0.2) is 0 Å². The second-order valence-electron chi connectivity index (χ2n) is 2.18. The van der Waals surface area contributed by atoms with E-state index < -0.39 is 18.5 Å². The Kier molecular flexibility index (Phi) is 4.25. The maximum atomic E-state index is 12.1. The Labute approximate surface area is 70.6 Å². The summed E-state index contributed by atoms with van der Waals surface area (Å²) in [5.41, 5.74) is 0. The van der Waals surface area contributed by atoms with Gasteiger partial charge in [0.2, 0.25) is 0 Å². The van der Waals surface area contributed by atoms with Crippen molar-refractivity contribution in [1.29, 1.82) is 0 Å². The molecular formula is C5H8F5NS. The van der Waals surface area contributed by atoms with Gasteiger partial charge in [-0.25, -0.2) is 0 Å². The van der Waals surface area contributed by atoms with E-state index in [4.69, 9.17) is 5.14 Å². The first-order chi connectivity index (χ1) is 5.31. The maximum absolute atomic E-state index is 12.1. The zero-order valence-corrected chi connectivity index (χ0v) is 6.81. The van der Waals surface area contributed by atoms with Crippen LogP contribution < -0.4 is 5.14 Å². The van der Waals surface area contributed by atoms with Crippen molar-refractivity contribution >= 4 is 11.9 Å². The SMILES string of the molecule is NSCCCC(F)(F)C(F)(F)F. The van der Waals surface area contributed by atoms with Crippen LogP contribution in [-0.4, -0.2) is 17.9 Å². The topological polar surface area (TPSA) is 26.0 Å². The van der Waals surface area contributed by atoms with Gasteiger partial charge in [0.25, 0.3) is 0 Å². The predicted molar refractivity (Wildman–Crippen MR) is 36.9 cm³/mol. The third-order valence-electron chi connectivity index (χ3n) is 1.17. The molecule has 0 rings (SSSR count). The van der Waals surface area contributed by atoms with Crippen LogP contribution in [0.1, 0.15) is 12.8 Å². The Balaban J connectivity index is 3.88. The molecule has 0 bridgehead atoms. The highest BCUT2D eigenvalue weighted by Gasteiger charge is 2.56. The number of nitrogens with two attached hydrogens (primary N) is 1. The first-order valence-electron chi connectivity index (χ1n) is 3.07. The largest absolute Gasteiger partial charge is 0.453 e. The van der Waals surface area contributed by atoms with Crippen LogP contribution in [0.4, 0.5) is 22.0 Å². The molecule has 0 atom stereocenters. The second-order valence-corrected chi connectivity index (χ2v) is 2.92. The highest BCUT2D eigenvalue weighted by atomic mass is 32.2. The van der Waals surface area contributed by atoms with Crippen molar-refractivity contribution in [2.24, 2.45) is 5.14 Å². The first-order valence-corrected chi connectivity index (χ1v) is 4.12. The Bertz CT molecular complexity index is 134. The van der Waals surface area contributed by atoms with E-state index >= 15 is 0 Å². The van der Waals surface area contributed by atoms with Gasteiger partial charge in [-0.2, -0.15) is 22.0 Å². The summed E-state index contributed by atoms with van der Waals surface area (Å²) in [6.45, 7) is 0. The van der Waals surface area contributed by atoms with Crippen molar-refractivity contribution in [2.45, 2.75) is 24.9 Å². The van der Waals surface area contributed by atoms with Gasteiger partial charge in [0, 0.05) is 12.2 Å². The van der Waals surface area contributed by atoms with Gasteiger partial charge in [-0.1, -0.05) is 11.9 Å². The van der Waals surface area contributed by atoms with Gasteiger partial charge in [-0.15, -0.1) is 0 Å². The van der Waals surface area contributed by atoms with Crippen LogP contribution in [0, 0.1) is 0 Å². The minimum Gasteiger partial charge on any atom is -0.278 e. The number of alkyl halides is 5. The van der Waals surface area contributed by atoms with Gasteiger partial charge in [-0.3, -0.25) is 5.14 Å². The van der Waals surface area contributed by atoms with E-state index in [1.807, 2.05) is 0 Å². The first kappa shape index (κ1) is 12.0. The number of hydrogen-bond donors (Lipinski definition) is 1. The quantitative estimate of drug-likeness (QED) is 0.437. The fraction of sp³-hybridized carbons (Fsp3) is 1.00. The zero-order chi connectivity index (χ0) is 9.83. The summed E-state index contributed by atoms with van der Waals surface area (Å²) in [4.78, 5) is 0. The van der Waals surface area contributed by atoms with E-state index in [9.17, 15) is 22.0 Å². The standard InChI is InChI=1S/C5H8F5NS/c6-4(7,5(8,9)10)2-1-3-12-11/h1-3,11H2. The summed E-state index contributed by atoms with van der Waals surface area (Å²) in [5.74, 6) is -4.48. The van der Waals surface area contributed by atoms with E-state index in [1.165, 1.54) is 0 Å². The van der Waals surface area contributed by atoms with Crippen LogP contribution in [0.25, 0.3) is 0 Å². The van der Waals surface area contributed by atoms with E-state index in [0.717, 1.165) is 11.9 Å². The lowest BCUT2D eigenvalue weighted by Crippen LogP contribution is -2.36. The van der Waals surface area contributed by atoms with E-state index in [1.54, 1.807) is 0 Å². The molecule has 0 radical (unpaired) electrons. The average molecular weight is 209 g/mol. The molecule has 0 aliphatic carbocycles. The third kappa shape index (κ3) is 3.57. The molecule has 0 saturated heterocycles. The molecular weight excluding hydrogens is 201 g/mol. The lowest BCUT2D eigenvalue weighted by atomic mass is 10.2. The molecule has 0 amide bonds. The van der Waals surface area contributed by atoms with Crippen LogP contribution in [0.2, 0.25) is 0 Å². The molecule has 0 aliphatic rings. The van der Waals surface area contributed by atoms with Crippen molar-refractivity contribution < 1.29 is 22.0 Å². The fourth-order valence-corrected chi connectivity index (χ4v) is 0.830. The number of rotatable bonds is 4. The third-order valence-corrected chi connectivity index (χ3v) is 1.69. The van der Waals surface area contributed by atoms with E-state index in [0.29, 0.717) is 0 Å². The van der Waals surface area contributed by atoms with Gasteiger partial charge in [-0.05, 0) is 6.42 Å². The predicted octanol–water partition coefficient (Wildman–Crippen LogP) is 2.57. The molecule has 0 aromatic carbocycles. The normalized spacial score (nSPS) is 13.5. The van der Waals surface area contributed by atoms with Gasteiger partial charge in [0.15, 0.2) is 0 Å².